The first-order valence-corrected chi connectivity index (χ1v) is 7.71. The Morgan fingerprint density at radius 1 is 1.16 bits per heavy atom. The minimum Gasteiger partial charge on any atom is -0.396 e. The molecular weight excluding hydrogens is 240 g/mol. The van der Waals surface area contributed by atoms with Gasteiger partial charge >= 0.3 is 0 Å². The lowest BCUT2D eigenvalue weighted by atomic mass is 10.0. The van der Waals surface area contributed by atoms with Crippen LogP contribution in [0.2, 0.25) is 0 Å². The lowest BCUT2D eigenvalue weighted by molar-refractivity contribution is -0.127. The van der Waals surface area contributed by atoms with E-state index in [4.69, 9.17) is 5.11 Å². The predicted molar refractivity (Wildman–Crippen MR) is 78.0 cm³/mol. The molecule has 0 aromatic carbocycles. The largest absolute Gasteiger partial charge is 0.396 e. The molecule has 2 N–H and O–H groups in total. The minimum absolute atomic E-state index is 0.0574. The van der Waals surface area contributed by atoms with Crippen molar-refractivity contribution >= 4 is 5.91 Å². The number of carbonyl (C=O) groups excluding carboxylic acids is 1. The van der Waals surface area contributed by atoms with E-state index >= 15 is 0 Å². The molecule has 0 bridgehead atoms. The second kappa shape index (κ2) is 8.54. The van der Waals surface area contributed by atoms with Crippen LogP contribution in [-0.2, 0) is 4.79 Å². The SMILES string of the molecule is CC(C)C(CCO)NC(=O)C(C)N1CCCCCC1. The second-order valence-corrected chi connectivity index (χ2v) is 6.00. The maximum Gasteiger partial charge on any atom is 0.237 e. The predicted octanol–water partition coefficient (Wildman–Crippen LogP) is 1.77. The van der Waals surface area contributed by atoms with Gasteiger partial charge in [-0.1, -0.05) is 26.7 Å². The summed E-state index contributed by atoms with van der Waals surface area (Å²) in [6.07, 6.45) is 5.59. The third kappa shape index (κ3) is 5.49. The molecule has 2 unspecified atom stereocenters. The third-order valence-electron chi connectivity index (χ3n) is 4.14. The molecule has 1 heterocycles. The van der Waals surface area contributed by atoms with Gasteiger partial charge in [-0.05, 0) is 45.2 Å². The van der Waals surface area contributed by atoms with Crippen molar-refractivity contribution in [2.75, 3.05) is 19.7 Å². The maximum absolute atomic E-state index is 12.3. The highest BCUT2D eigenvalue weighted by Gasteiger charge is 2.24. The Hall–Kier alpha value is -0.610. The average molecular weight is 270 g/mol. The summed E-state index contributed by atoms with van der Waals surface area (Å²) >= 11 is 0. The molecule has 0 aromatic rings. The van der Waals surface area contributed by atoms with Crippen molar-refractivity contribution in [3.63, 3.8) is 0 Å². The Balaban J connectivity index is 2.49. The summed E-state index contributed by atoms with van der Waals surface area (Å²) in [6, 6.07) is 0.0185. The fraction of sp³-hybridized carbons (Fsp3) is 0.933. The van der Waals surface area contributed by atoms with Crippen molar-refractivity contribution in [3.8, 4) is 0 Å². The summed E-state index contributed by atoms with van der Waals surface area (Å²) in [7, 11) is 0. The summed E-state index contributed by atoms with van der Waals surface area (Å²) < 4.78 is 0. The van der Waals surface area contributed by atoms with Crippen molar-refractivity contribution in [3.05, 3.63) is 0 Å². The summed E-state index contributed by atoms with van der Waals surface area (Å²) in [5.74, 6) is 0.460. The molecule has 4 nitrogen and oxygen atoms in total. The Morgan fingerprint density at radius 2 is 1.74 bits per heavy atom. The Bertz CT molecular complexity index is 261. The zero-order valence-corrected chi connectivity index (χ0v) is 12.7. The van der Waals surface area contributed by atoms with Crippen LogP contribution in [0, 0.1) is 5.92 Å². The van der Waals surface area contributed by atoms with Crippen LogP contribution in [0.4, 0.5) is 0 Å². The maximum atomic E-state index is 12.3. The van der Waals surface area contributed by atoms with E-state index in [0.717, 1.165) is 13.1 Å². The van der Waals surface area contributed by atoms with Crippen molar-refractivity contribution < 1.29 is 9.90 Å². The Morgan fingerprint density at radius 3 is 2.21 bits per heavy atom. The highest BCUT2D eigenvalue weighted by atomic mass is 16.3. The average Bonchev–Trinajstić information content (AvgIpc) is 2.65. The van der Waals surface area contributed by atoms with E-state index in [1.807, 2.05) is 6.92 Å². The molecule has 2 atom stereocenters. The molecule has 1 rings (SSSR count). The van der Waals surface area contributed by atoms with E-state index in [1.54, 1.807) is 0 Å². The van der Waals surface area contributed by atoms with Gasteiger partial charge in [-0.25, -0.2) is 0 Å². The number of nitrogens with zero attached hydrogens (tertiary/aromatic N) is 1. The van der Waals surface area contributed by atoms with Crippen molar-refractivity contribution in [2.45, 2.75) is 65.0 Å². The molecule has 0 aliphatic carbocycles. The highest BCUT2D eigenvalue weighted by Crippen LogP contribution is 2.13. The monoisotopic (exact) mass is 270 g/mol. The van der Waals surface area contributed by atoms with E-state index in [0.29, 0.717) is 12.3 Å². The Labute approximate surface area is 117 Å². The highest BCUT2D eigenvalue weighted by molar-refractivity contribution is 5.81. The van der Waals surface area contributed by atoms with Gasteiger partial charge in [-0.2, -0.15) is 0 Å². The van der Waals surface area contributed by atoms with E-state index < -0.39 is 0 Å². The minimum atomic E-state index is -0.0574. The standard InChI is InChI=1S/C15H30N2O2/c1-12(2)14(8-11-18)16-15(19)13(3)17-9-6-4-5-7-10-17/h12-14,18H,4-11H2,1-3H3,(H,16,19). The first kappa shape index (κ1) is 16.4. The molecule has 4 heteroatoms. The summed E-state index contributed by atoms with van der Waals surface area (Å²) in [5, 5.41) is 12.2. The summed E-state index contributed by atoms with van der Waals surface area (Å²) in [4.78, 5) is 14.6. The quantitative estimate of drug-likeness (QED) is 0.773. The van der Waals surface area contributed by atoms with E-state index in [1.165, 1.54) is 25.7 Å². The van der Waals surface area contributed by atoms with E-state index in [2.05, 4.69) is 24.1 Å². The smallest absolute Gasteiger partial charge is 0.237 e. The van der Waals surface area contributed by atoms with Gasteiger partial charge in [0, 0.05) is 12.6 Å². The number of aliphatic hydroxyl groups is 1. The van der Waals surface area contributed by atoms with Crippen molar-refractivity contribution in [1.29, 1.82) is 0 Å². The fourth-order valence-corrected chi connectivity index (χ4v) is 2.66. The zero-order chi connectivity index (χ0) is 14.3. The van der Waals surface area contributed by atoms with Crippen LogP contribution in [0.25, 0.3) is 0 Å². The van der Waals surface area contributed by atoms with Gasteiger partial charge in [0.05, 0.1) is 6.04 Å². The summed E-state index contributed by atoms with van der Waals surface area (Å²) in [6.45, 7) is 8.34. The normalized spacial score (nSPS) is 20.9. The molecule has 0 saturated carbocycles. The van der Waals surface area contributed by atoms with Crippen LogP contribution in [0.1, 0.15) is 52.9 Å². The Kier molecular flexibility index (Phi) is 7.39. The molecule has 1 aliphatic rings. The molecule has 112 valence electrons. The van der Waals surface area contributed by atoms with Gasteiger partial charge < -0.3 is 10.4 Å². The van der Waals surface area contributed by atoms with Crippen LogP contribution < -0.4 is 5.32 Å². The van der Waals surface area contributed by atoms with Gasteiger partial charge in [-0.15, -0.1) is 0 Å². The molecule has 1 saturated heterocycles. The van der Waals surface area contributed by atoms with Gasteiger partial charge in [0.1, 0.15) is 0 Å². The van der Waals surface area contributed by atoms with Crippen molar-refractivity contribution in [2.24, 2.45) is 5.92 Å². The third-order valence-corrected chi connectivity index (χ3v) is 4.14. The van der Waals surface area contributed by atoms with Crippen LogP contribution in [0.3, 0.4) is 0 Å². The number of nitrogens with one attached hydrogen (secondary N) is 1. The first-order valence-electron chi connectivity index (χ1n) is 7.71. The molecule has 0 aromatic heterocycles. The van der Waals surface area contributed by atoms with Gasteiger partial charge in [-0.3, -0.25) is 9.69 Å². The lowest BCUT2D eigenvalue weighted by Gasteiger charge is -2.29. The van der Waals surface area contributed by atoms with Crippen LogP contribution >= 0.6 is 0 Å². The van der Waals surface area contributed by atoms with E-state index in [9.17, 15) is 4.79 Å². The summed E-state index contributed by atoms with van der Waals surface area (Å²) in [5.41, 5.74) is 0. The lowest BCUT2D eigenvalue weighted by Crippen LogP contribution is -2.50. The number of aliphatic hydroxyl groups excluding tert-OH is 1. The molecule has 19 heavy (non-hydrogen) atoms. The number of rotatable bonds is 6. The fourth-order valence-electron chi connectivity index (χ4n) is 2.66. The number of hydrogen-bond donors (Lipinski definition) is 2. The molecular formula is C15H30N2O2. The zero-order valence-electron chi connectivity index (χ0n) is 12.7. The van der Waals surface area contributed by atoms with E-state index in [-0.39, 0.29) is 24.6 Å². The van der Waals surface area contributed by atoms with Gasteiger partial charge in [0.15, 0.2) is 0 Å². The van der Waals surface area contributed by atoms with Crippen molar-refractivity contribution in [1.82, 2.24) is 10.2 Å². The first-order chi connectivity index (χ1) is 9.06. The van der Waals surface area contributed by atoms with Crippen LogP contribution in [0.15, 0.2) is 0 Å². The number of amides is 1. The molecule has 1 fully saturated rings. The molecule has 1 aliphatic heterocycles. The molecule has 1 amide bonds. The number of likely N-dealkylation sites (tertiary alicyclic amines) is 1. The molecule has 0 spiro atoms. The number of hydrogen-bond acceptors (Lipinski definition) is 3. The van der Waals surface area contributed by atoms with Gasteiger partial charge in [0.25, 0.3) is 0 Å². The second-order valence-electron chi connectivity index (χ2n) is 6.00. The number of carbonyl (C=O) groups is 1. The van der Waals surface area contributed by atoms with Crippen LogP contribution in [0.5, 0.6) is 0 Å². The topological polar surface area (TPSA) is 52.6 Å². The van der Waals surface area contributed by atoms with Crippen LogP contribution in [-0.4, -0.2) is 47.7 Å². The molecule has 0 radical (unpaired) electrons. The van der Waals surface area contributed by atoms with Gasteiger partial charge in [0.2, 0.25) is 5.91 Å².